The van der Waals surface area contributed by atoms with E-state index in [0.717, 1.165) is 4.90 Å². The molecule has 2 amide bonds. The molecule has 36 heavy (non-hydrogen) atoms. The molecule has 2 aromatic carbocycles. The lowest BCUT2D eigenvalue weighted by molar-refractivity contribution is 0.0473. The first kappa shape index (κ1) is 24.6. The molecule has 0 fully saturated rings. The first-order valence-electron chi connectivity index (χ1n) is 11.3. The number of aromatic nitrogens is 1. The van der Waals surface area contributed by atoms with Gasteiger partial charge in [-0.3, -0.25) is 19.2 Å². The van der Waals surface area contributed by atoms with Gasteiger partial charge in [-0.2, -0.15) is 0 Å². The third-order valence-electron chi connectivity index (χ3n) is 5.93. The van der Waals surface area contributed by atoms with Crippen molar-refractivity contribution in [1.29, 1.82) is 0 Å². The van der Waals surface area contributed by atoms with Crippen molar-refractivity contribution >= 4 is 35.0 Å². The minimum atomic E-state index is -0.821. The lowest BCUT2D eigenvalue weighted by atomic mass is 10.1. The topological polar surface area (TPSA) is 123 Å². The number of nitrogens with zero attached hydrogens (tertiary/aromatic N) is 1. The van der Waals surface area contributed by atoms with Gasteiger partial charge in [-0.15, -0.1) is 0 Å². The van der Waals surface area contributed by atoms with E-state index >= 15 is 0 Å². The van der Waals surface area contributed by atoms with Crippen LogP contribution in [0, 0.1) is 13.8 Å². The fourth-order valence-electron chi connectivity index (χ4n) is 4.30. The van der Waals surface area contributed by atoms with Gasteiger partial charge in [0.15, 0.2) is 12.4 Å². The first-order valence-corrected chi connectivity index (χ1v) is 11.3. The Kier molecular flexibility index (Phi) is 6.57. The number of ketones is 2. The van der Waals surface area contributed by atoms with Crippen LogP contribution in [0.25, 0.3) is 0 Å². The van der Waals surface area contributed by atoms with E-state index in [1.807, 2.05) is 6.92 Å². The molecule has 1 aromatic heterocycles. The molecule has 0 saturated carbocycles. The maximum Gasteiger partial charge on any atom is 0.338 e. The third-order valence-corrected chi connectivity index (χ3v) is 5.93. The van der Waals surface area contributed by atoms with Crippen molar-refractivity contribution in [3.8, 4) is 5.75 Å². The summed E-state index contributed by atoms with van der Waals surface area (Å²) < 4.78 is 10.6. The number of esters is 1. The van der Waals surface area contributed by atoms with Crippen molar-refractivity contribution in [3.05, 3.63) is 81.7 Å². The van der Waals surface area contributed by atoms with Crippen LogP contribution in [0.4, 0.5) is 5.69 Å². The lowest BCUT2D eigenvalue weighted by Crippen LogP contribution is -2.29. The molecule has 0 aliphatic carbocycles. The summed E-state index contributed by atoms with van der Waals surface area (Å²) in [4.78, 5) is 66.8. The molecule has 1 N–H and O–H groups in total. The largest absolute Gasteiger partial charge is 0.494 e. The molecule has 0 radical (unpaired) electrons. The number of anilines is 1. The molecular weight excluding hydrogens is 464 g/mol. The first-order chi connectivity index (χ1) is 17.1. The smallest absolute Gasteiger partial charge is 0.338 e. The number of rotatable bonds is 8. The van der Waals surface area contributed by atoms with Crippen molar-refractivity contribution in [2.75, 3.05) is 18.1 Å². The Morgan fingerprint density at radius 3 is 2.22 bits per heavy atom. The highest BCUT2D eigenvalue weighted by Crippen LogP contribution is 2.30. The molecule has 9 nitrogen and oxygen atoms in total. The molecule has 9 heteroatoms. The molecule has 3 aromatic rings. The number of aromatic amines is 1. The highest BCUT2D eigenvalue weighted by Gasteiger charge is 2.37. The van der Waals surface area contributed by atoms with Crippen LogP contribution in [0.1, 0.15) is 77.0 Å². The fraction of sp³-hybridized carbons (Fsp3) is 0.222. The molecule has 4 rings (SSSR count). The van der Waals surface area contributed by atoms with Crippen LogP contribution < -0.4 is 9.64 Å². The average molecular weight is 488 g/mol. The van der Waals surface area contributed by atoms with Crippen LogP contribution >= 0.6 is 0 Å². The average Bonchev–Trinajstić information content (AvgIpc) is 3.29. The molecule has 184 valence electrons. The number of ether oxygens (including phenoxy) is 2. The maximum absolute atomic E-state index is 13.0. The number of nitrogens with one attached hydrogen (secondary N) is 1. The second-order valence-electron chi connectivity index (χ2n) is 8.31. The second kappa shape index (κ2) is 9.61. The van der Waals surface area contributed by atoms with Crippen LogP contribution in [-0.4, -0.2) is 47.5 Å². The zero-order chi connectivity index (χ0) is 26.1. The highest BCUT2D eigenvalue weighted by atomic mass is 16.5. The molecule has 0 unspecified atom stereocenters. The zero-order valence-electron chi connectivity index (χ0n) is 20.3. The van der Waals surface area contributed by atoms with Crippen molar-refractivity contribution in [2.45, 2.75) is 27.7 Å². The van der Waals surface area contributed by atoms with E-state index in [9.17, 15) is 24.0 Å². The number of H-pyrrole nitrogens is 1. The maximum atomic E-state index is 13.0. The van der Waals surface area contributed by atoms with Gasteiger partial charge in [-0.05, 0) is 75.7 Å². The number of carbonyl (C=O) groups excluding carboxylic acids is 5. The Morgan fingerprint density at radius 2 is 1.61 bits per heavy atom. The van der Waals surface area contributed by atoms with Gasteiger partial charge in [0.1, 0.15) is 5.75 Å². The third kappa shape index (κ3) is 4.31. The van der Waals surface area contributed by atoms with E-state index < -0.39 is 30.2 Å². The lowest BCUT2D eigenvalue weighted by Gasteiger charge is -2.14. The van der Waals surface area contributed by atoms with Gasteiger partial charge in [0.25, 0.3) is 11.8 Å². The zero-order valence-corrected chi connectivity index (χ0v) is 20.3. The molecule has 1 aliphatic heterocycles. The number of imide groups is 1. The van der Waals surface area contributed by atoms with Crippen molar-refractivity contribution in [3.63, 3.8) is 0 Å². The number of hydrogen-bond acceptors (Lipinski definition) is 7. The molecule has 0 atom stereocenters. The van der Waals surface area contributed by atoms with Gasteiger partial charge in [0.05, 0.1) is 34.7 Å². The Labute approximate surface area is 207 Å². The van der Waals surface area contributed by atoms with E-state index in [1.54, 1.807) is 38.1 Å². The van der Waals surface area contributed by atoms with Gasteiger partial charge in [-0.25, -0.2) is 9.69 Å². The van der Waals surface area contributed by atoms with Crippen LogP contribution in [0.2, 0.25) is 0 Å². The Balaban J connectivity index is 1.49. The normalized spacial score (nSPS) is 12.5. The molecule has 0 saturated heterocycles. The van der Waals surface area contributed by atoms with Crippen LogP contribution in [0.15, 0.2) is 42.5 Å². The predicted molar refractivity (Wildman–Crippen MR) is 130 cm³/mol. The van der Waals surface area contributed by atoms with Gasteiger partial charge >= 0.3 is 5.97 Å². The molecule has 0 spiro atoms. The number of aryl methyl sites for hydroxylation is 1. The Hall–Kier alpha value is -4.53. The van der Waals surface area contributed by atoms with Crippen LogP contribution in [0.3, 0.4) is 0 Å². The minimum Gasteiger partial charge on any atom is -0.494 e. The molecule has 2 heterocycles. The summed E-state index contributed by atoms with van der Waals surface area (Å²) in [7, 11) is 0. The van der Waals surface area contributed by atoms with Crippen molar-refractivity contribution < 1.29 is 33.4 Å². The molecule has 1 aliphatic rings. The van der Waals surface area contributed by atoms with Crippen molar-refractivity contribution in [2.24, 2.45) is 0 Å². The number of benzene rings is 2. The van der Waals surface area contributed by atoms with Gasteiger partial charge in [0.2, 0.25) is 5.78 Å². The SMILES string of the molecule is CCOc1ccc(N2C(=O)c3ccc(C(=O)OCC(=O)c4[nH]c(C)c(C(C)=O)c4C)cc3C2=O)cc1. The number of amides is 2. The number of hydrogen-bond donors (Lipinski definition) is 1. The van der Waals surface area contributed by atoms with E-state index in [2.05, 4.69) is 4.98 Å². The quantitative estimate of drug-likeness (QED) is 0.288. The minimum absolute atomic E-state index is 0.0278. The molecule has 0 bridgehead atoms. The van der Waals surface area contributed by atoms with Crippen LogP contribution in [-0.2, 0) is 4.74 Å². The van der Waals surface area contributed by atoms with E-state index in [4.69, 9.17) is 9.47 Å². The summed E-state index contributed by atoms with van der Waals surface area (Å²) in [6.45, 7) is 6.53. The van der Waals surface area contributed by atoms with Crippen molar-refractivity contribution in [1.82, 2.24) is 4.98 Å². The van der Waals surface area contributed by atoms with Gasteiger partial charge in [0, 0.05) is 11.3 Å². The predicted octanol–water partition coefficient (Wildman–Crippen LogP) is 4.07. The summed E-state index contributed by atoms with van der Waals surface area (Å²) in [5.41, 5.74) is 2.33. The van der Waals surface area contributed by atoms with E-state index in [-0.39, 0.29) is 28.2 Å². The number of Topliss-reactive ketones (excluding diaryl/α,β-unsaturated/α-hetero) is 2. The highest BCUT2D eigenvalue weighted by molar-refractivity contribution is 6.34. The Bertz CT molecular complexity index is 1420. The summed E-state index contributed by atoms with van der Waals surface area (Å²) >= 11 is 0. The van der Waals surface area contributed by atoms with Crippen LogP contribution in [0.5, 0.6) is 5.75 Å². The van der Waals surface area contributed by atoms with Gasteiger partial charge in [-0.1, -0.05) is 0 Å². The summed E-state index contributed by atoms with van der Waals surface area (Å²) in [6.07, 6.45) is 0. The monoisotopic (exact) mass is 488 g/mol. The number of fused-ring (bicyclic) bond motifs is 1. The standard InChI is InChI=1S/C27H24N2O7/c1-5-35-19-9-7-18(8-10-19)29-25(32)20-11-6-17(12-21(20)26(29)33)27(34)36-13-22(31)24-14(2)23(16(4)30)15(3)28-24/h6-12,28H,5,13H2,1-4H3. The van der Waals surface area contributed by atoms with Gasteiger partial charge < -0.3 is 14.5 Å². The Morgan fingerprint density at radius 1 is 0.944 bits per heavy atom. The second-order valence-corrected chi connectivity index (χ2v) is 8.31. The summed E-state index contributed by atoms with van der Waals surface area (Å²) in [6, 6.07) is 10.6. The summed E-state index contributed by atoms with van der Waals surface area (Å²) in [5, 5.41) is 0. The van der Waals surface area contributed by atoms with E-state index in [1.165, 1.54) is 25.1 Å². The fourth-order valence-corrected chi connectivity index (χ4v) is 4.30. The summed E-state index contributed by atoms with van der Waals surface area (Å²) in [5.74, 6) is -1.95. The van der Waals surface area contributed by atoms with E-state index in [0.29, 0.717) is 34.9 Å². The number of carbonyl (C=O) groups is 5. The molecular formula is C27H24N2O7.